The van der Waals surface area contributed by atoms with Gasteiger partial charge in [-0.3, -0.25) is 10.1 Å². The van der Waals surface area contributed by atoms with E-state index in [1.54, 1.807) is 19.1 Å². The second-order valence-electron chi connectivity index (χ2n) is 4.50. The lowest BCUT2D eigenvalue weighted by atomic mass is 10.1. The minimum atomic E-state index is -0.346. The van der Waals surface area contributed by atoms with Crippen LogP contribution < -0.4 is 4.90 Å². The fourth-order valence-electron chi connectivity index (χ4n) is 1.74. The zero-order valence-electron chi connectivity index (χ0n) is 10.2. The van der Waals surface area contributed by atoms with E-state index >= 15 is 0 Å². The fraction of sp³-hybridized carbons (Fsp3) is 0.500. The Morgan fingerprint density at radius 1 is 1.44 bits per heavy atom. The number of nitrogens with zero attached hydrogens (tertiary/aromatic N) is 2. The maximum Gasteiger partial charge on any atom is 0.272 e. The Morgan fingerprint density at radius 2 is 2.06 bits per heavy atom. The van der Waals surface area contributed by atoms with E-state index in [0.29, 0.717) is 11.5 Å². The van der Waals surface area contributed by atoms with Gasteiger partial charge in [0, 0.05) is 30.9 Å². The minimum Gasteiger partial charge on any atom is -0.374 e. The van der Waals surface area contributed by atoms with E-state index in [2.05, 4.69) is 18.7 Å². The molecule has 0 heterocycles. The van der Waals surface area contributed by atoms with E-state index < -0.39 is 0 Å². The standard InChI is InChI=1S/C12H18N2O2/c1-9(2)8-13(4)11-5-6-12(14(15)16)10(3)7-11/h5-7,9H,8H2,1-4H3. The quantitative estimate of drug-likeness (QED) is 0.581. The second-order valence-corrected chi connectivity index (χ2v) is 4.50. The highest BCUT2D eigenvalue weighted by Crippen LogP contribution is 2.23. The summed E-state index contributed by atoms with van der Waals surface area (Å²) in [4.78, 5) is 12.4. The third-order valence-electron chi connectivity index (χ3n) is 2.46. The van der Waals surface area contributed by atoms with Crippen molar-refractivity contribution in [2.75, 3.05) is 18.5 Å². The molecule has 4 heteroatoms. The van der Waals surface area contributed by atoms with E-state index in [1.807, 2.05) is 13.1 Å². The molecule has 0 aromatic heterocycles. The van der Waals surface area contributed by atoms with Gasteiger partial charge in [-0.2, -0.15) is 0 Å². The van der Waals surface area contributed by atoms with Crippen molar-refractivity contribution in [2.24, 2.45) is 5.92 Å². The summed E-state index contributed by atoms with van der Waals surface area (Å²) in [7, 11) is 2.00. The SMILES string of the molecule is Cc1cc(N(C)CC(C)C)ccc1[N+](=O)[O-]. The largest absolute Gasteiger partial charge is 0.374 e. The number of nitro groups is 1. The Hall–Kier alpha value is -1.58. The zero-order valence-corrected chi connectivity index (χ0v) is 10.2. The zero-order chi connectivity index (χ0) is 12.3. The number of aryl methyl sites for hydroxylation is 1. The van der Waals surface area contributed by atoms with Crippen LogP contribution in [-0.4, -0.2) is 18.5 Å². The number of benzene rings is 1. The molecule has 0 bridgehead atoms. The average Bonchev–Trinajstić information content (AvgIpc) is 2.15. The number of rotatable bonds is 4. The smallest absolute Gasteiger partial charge is 0.272 e. The minimum absolute atomic E-state index is 0.182. The van der Waals surface area contributed by atoms with Gasteiger partial charge in [-0.1, -0.05) is 13.8 Å². The lowest BCUT2D eigenvalue weighted by molar-refractivity contribution is -0.385. The molecule has 0 radical (unpaired) electrons. The van der Waals surface area contributed by atoms with Gasteiger partial charge in [0.05, 0.1) is 4.92 Å². The van der Waals surface area contributed by atoms with Gasteiger partial charge in [0.2, 0.25) is 0 Å². The molecular formula is C12H18N2O2. The highest BCUT2D eigenvalue weighted by atomic mass is 16.6. The molecular weight excluding hydrogens is 204 g/mol. The predicted molar refractivity (Wildman–Crippen MR) is 65.9 cm³/mol. The monoisotopic (exact) mass is 222 g/mol. The molecule has 0 atom stereocenters. The van der Waals surface area contributed by atoms with Crippen LogP contribution in [0.5, 0.6) is 0 Å². The Kier molecular flexibility index (Phi) is 3.88. The van der Waals surface area contributed by atoms with E-state index in [1.165, 1.54) is 0 Å². The van der Waals surface area contributed by atoms with E-state index in [0.717, 1.165) is 12.2 Å². The molecule has 16 heavy (non-hydrogen) atoms. The van der Waals surface area contributed by atoms with Crippen LogP contribution in [-0.2, 0) is 0 Å². The molecule has 1 rings (SSSR count). The first-order chi connectivity index (χ1) is 7.41. The topological polar surface area (TPSA) is 46.4 Å². The molecule has 0 aliphatic carbocycles. The summed E-state index contributed by atoms with van der Waals surface area (Å²) in [5.74, 6) is 0.570. The molecule has 88 valence electrons. The van der Waals surface area contributed by atoms with Gasteiger partial charge in [-0.25, -0.2) is 0 Å². The summed E-state index contributed by atoms with van der Waals surface area (Å²) in [5, 5.41) is 10.7. The van der Waals surface area contributed by atoms with Gasteiger partial charge in [0.25, 0.3) is 5.69 Å². The summed E-state index contributed by atoms with van der Waals surface area (Å²) >= 11 is 0. The molecule has 1 aromatic carbocycles. The molecule has 0 aliphatic rings. The second kappa shape index (κ2) is 4.96. The van der Waals surface area contributed by atoms with Crippen molar-refractivity contribution in [3.63, 3.8) is 0 Å². The molecule has 0 saturated heterocycles. The predicted octanol–water partition coefficient (Wildman–Crippen LogP) is 3.00. The molecule has 0 unspecified atom stereocenters. The van der Waals surface area contributed by atoms with Gasteiger partial charge in [-0.05, 0) is 25.0 Å². The van der Waals surface area contributed by atoms with Gasteiger partial charge < -0.3 is 4.90 Å². The van der Waals surface area contributed by atoms with Crippen molar-refractivity contribution in [1.29, 1.82) is 0 Å². The third-order valence-corrected chi connectivity index (χ3v) is 2.46. The van der Waals surface area contributed by atoms with Crippen LogP contribution in [0, 0.1) is 23.0 Å². The van der Waals surface area contributed by atoms with Crippen LogP contribution in [0.2, 0.25) is 0 Å². The Balaban J connectivity index is 2.92. The van der Waals surface area contributed by atoms with E-state index in [9.17, 15) is 10.1 Å². The lowest BCUT2D eigenvalue weighted by Crippen LogP contribution is -2.22. The molecule has 0 fully saturated rings. The lowest BCUT2D eigenvalue weighted by Gasteiger charge is -2.21. The van der Waals surface area contributed by atoms with Crippen molar-refractivity contribution in [3.8, 4) is 0 Å². The highest BCUT2D eigenvalue weighted by Gasteiger charge is 2.12. The van der Waals surface area contributed by atoms with Crippen molar-refractivity contribution in [1.82, 2.24) is 0 Å². The fourth-order valence-corrected chi connectivity index (χ4v) is 1.74. The molecule has 0 aliphatic heterocycles. The molecule has 0 spiro atoms. The van der Waals surface area contributed by atoms with E-state index in [4.69, 9.17) is 0 Å². The Morgan fingerprint density at radius 3 is 2.50 bits per heavy atom. The van der Waals surface area contributed by atoms with Crippen molar-refractivity contribution in [2.45, 2.75) is 20.8 Å². The molecule has 0 saturated carbocycles. The normalized spacial score (nSPS) is 10.6. The van der Waals surface area contributed by atoms with Gasteiger partial charge in [0.1, 0.15) is 0 Å². The number of hydrogen-bond donors (Lipinski definition) is 0. The molecule has 0 amide bonds. The maximum absolute atomic E-state index is 10.7. The summed E-state index contributed by atoms with van der Waals surface area (Å²) in [5.41, 5.74) is 1.91. The maximum atomic E-state index is 10.7. The summed E-state index contributed by atoms with van der Waals surface area (Å²) in [6.45, 7) is 7.01. The summed E-state index contributed by atoms with van der Waals surface area (Å²) < 4.78 is 0. The van der Waals surface area contributed by atoms with Crippen molar-refractivity contribution >= 4 is 11.4 Å². The van der Waals surface area contributed by atoms with Gasteiger partial charge in [-0.15, -0.1) is 0 Å². The summed E-state index contributed by atoms with van der Waals surface area (Å²) in [6.07, 6.45) is 0. The van der Waals surface area contributed by atoms with Crippen molar-refractivity contribution in [3.05, 3.63) is 33.9 Å². The van der Waals surface area contributed by atoms with Crippen molar-refractivity contribution < 1.29 is 4.92 Å². The van der Waals surface area contributed by atoms with Crippen LogP contribution in [0.3, 0.4) is 0 Å². The van der Waals surface area contributed by atoms with E-state index in [-0.39, 0.29) is 10.6 Å². The summed E-state index contributed by atoms with van der Waals surface area (Å²) in [6, 6.07) is 5.23. The Bertz CT molecular complexity index is 389. The van der Waals surface area contributed by atoms with Gasteiger partial charge >= 0.3 is 0 Å². The van der Waals surface area contributed by atoms with Crippen LogP contribution in [0.25, 0.3) is 0 Å². The number of nitro benzene ring substituents is 1. The van der Waals surface area contributed by atoms with Crippen LogP contribution >= 0.6 is 0 Å². The van der Waals surface area contributed by atoms with Crippen LogP contribution in [0.15, 0.2) is 18.2 Å². The highest BCUT2D eigenvalue weighted by molar-refractivity contribution is 5.54. The Labute approximate surface area is 96.0 Å². The first kappa shape index (κ1) is 12.5. The van der Waals surface area contributed by atoms with Gasteiger partial charge in [0.15, 0.2) is 0 Å². The number of anilines is 1. The average molecular weight is 222 g/mol. The van der Waals surface area contributed by atoms with Crippen LogP contribution in [0.4, 0.5) is 11.4 Å². The first-order valence-electron chi connectivity index (χ1n) is 5.38. The molecule has 0 N–H and O–H groups in total. The first-order valence-corrected chi connectivity index (χ1v) is 5.38. The third kappa shape index (κ3) is 2.95. The molecule has 4 nitrogen and oxygen atoms in total. The van der Waals surface area contributed by atoms with Crippen LogP contribution in [0.1, 0.15) is 19.4 Å². The number of hydrogen-bond acceptors (Lipinski definition) is 3. The molecule has 1 aromatic rings.